The highest BCUT2D eigenvalue weighted by Gasteiger charge is 2.02. The fraction of sp³-hybridized carbons (Fsp3) is 0.250. The maximum Gasteiger partial charge on any atom is 0.161 e. The maximum absolute atomic E-state index is 9.15. The predicted octanol–water partition coefficient (Wildman–Crippen LogP) is 3.25. The molecule has 20 heavy (non-hydrogen) atoms. The number of ether oxygens (including phenoxy) is 3. The van der Waals surface area contributed by atoms with Crippen LogP contribution >= 0.6 is 0 Å². The summed E-state index contributed by atoms with van der Waals surface area (Å²) in [6.45, 7) is 1.11. The summed E-state index contributed by atoms with van der Waals surface area (Å²) in [5.41, 5.74) is 0. The van der Waals surface area contributed by atoms with Crippen molar-refractivity contribution >= 4 is 0 Å². The Morgan fingerprint density at radius 1 is 0.850 bits per heavy atom. The van der Waals surface area contributed by atoms with Crippen LogP contribution in [0.15, 0.2) is 48.5 Å². The Bertz CT molecular complexity index is 522. The van der Waals surface area contributed by atoms with Crippen molar-refractivity contribution in [3.8, 4) is 23.0 Å². The summed E-state index contributed by atoms with van der Waals surface area (Å²) < 4.78 is 16.4. The number of phenols is 1. The minimum absolute atomic E-state index is 0.233. The lowest BCUT2D eigenvalue weighted by Gasteiger charge is -2.10. The summed E-state index contributed by atoms with van der Waals surface area (Å²) >= 11 is 0. The number of hydrogen-bond donors (Lipinski definition) is 1. The molecular weight excluding hydrogens is 256 g/mol. The number of para-hydroxylation sites is 2. The molecule has 1 N–H and O–H groups in total. The number of phenolic OH excluding ortho intramolecular Hbond substituents is 1. The van der Waals surface area contributed by atoms with E-state index in [9.17, 15) is 0 Å². The molecule has 2 rings (SSSR count). The lowest BCUT2D eigenvalue weighted by Crippen LogP contribution is -2.05. The minimum atomic E-state index is 0.233. The summed E-state index contributed by atoms with van der Waals surface area (Å²) in [6.07, 6.45) is 0.763. The molecule has 0 aliphatic rings. The molecule has 0 aliphatic heterocycles. The van der Waals surface area contributed by atoms with Crippen LogP contribution < -0.4 is 14.2 Å². The third-order valence-corrected chi connectivity index (χ3v) is 2.72. The Morgan fingerprint density at radius 2 is 1.50 bits per heavy atom. The quantitative estimate of drug-likeness (QED) is 0.787. The molecule has 0 atom stereocenters. The summed E-state index contributed by atoms with van der Waals surface area (Å²) in [5, 5.41) is 9.15. The molecule has 0 radical (unpaired) electrons. The van der Waals surface area contributed by atoms with E-state index in [1.54, 1.807) is 31.4 Å². The number of benzene rings is 2. The van der Waals surface area contributed by atoms with E-state index in [4.69, 9.17) is 19.3 Å². The fourth-order valence-corrected chi connectivity index (χ4v) is 1.71. The molecule has 0 spiro atoms. The Morgan fingerprint density at radius 3 is 2.20 bits per heavy atom. The van der Waals surface area contributed by atoms with Crippen molar-refractivity contribution in [3.63, 3.8) is 0 Å². The normalized spacial score (nSPS) is 10.1. The molecule has 0 saturated heterocycles. The third kappa shape index (κ3) is 4.09. The highest BCUT2D eigenvalue weighted by Crippen LogP contribution is 2.25. The lowest BCUT2D eigenvalue weighted by molar-refractivity contribution is 0.240. The molecular formula is C16H18O4. The highest BCUT2D eigenvalue weighted by atomic mass is 16.5. The van der Waals surface area contributed by atoms with Crippen LogP contribution in [0.3, 0.4) is 0 Å². The zero-order valence-electron chi connectivity index (χ0n) is 11.4. The first-order valence-electron chi connectivity index (χ1n) is 6.47. The Hall–Kier alpha value is -2.36. The van der Waals surface area contributed by atoms with Gasteiger partial charge in [-0.1, -0.05) is 12.1 Å². The van der Waals surface area contributed by atoms with Gasteiger partial charge in [-0.3, -0.25) is 0 Å². The largest absolute Gasteiger partial charge is 0.508 e. The molecule has 0 amide bonds. The Kier molecular flexibility index (Phi) is 5.12. The average molecular weight is 274 g/mol. The van der Waals surface area contributed by atoms with E-state index in [1.165, 1.54) is 0 Å². The van der Waals surface area contributed by atoms with Gasteiger partial charge in [0.25, 0.3) is 0 Å². The summed E-state index contributed by atoms with van der Waals surface area (Å²) in [5.74, 6) is 2.43. The summed E-state index contributed by atoms with van der Waals surface area (Å²) in [6, 6.07) is 14.2. The van der Waals surface area contributed by atoms with Crippen LogP contribution in [-0.4, -0.2) is 25.4 Å². The molecule has 0 fully saturated rings. The van der Waals surface area contributed by atoms with Gasteiger partial charge >= 0.3 is 0 Å². The van der Waals surface area contributed by atoms with Gasteiger partial charge in [0, 0.05) is 6.42 Å². The molecule has 0 aliphatic carbocycles. The van der Waals surface area contributed by atoms with Crippen LogP contribution in [0.1, 0.15) is 6.42 Å². The number of hydrogen-bond acceptors (Lipinski definition) is 4. The second-order valence-corrected chi connectivity index (χ2v) is 4.20. The van der Waals surface area contributed by atoms with Crippen molar-refractivity contribution < 1.29 is 19.3 Å². The van der Waals surface area contributed by atoms with Crippen molar-refractivity contribution in [1.82, 2.24) is 0 Å². The van der Waals surface area contributed by atoms with E-state index in [0.717, 1.165) is 23.7 Å². The topological polar surface area (TPSA) is 47.9 Å². The van der Waals surface area contributed by atoms with Crippen LogP contribution in [0.2, 0.25) is 0 Å². The van der Waals surface area contributed by atoms with Gasteiger partial charge in [0.05, 0.1) is 20.3 Å². The number of rotatable bonds is 7. The van der Waals surface area contributed by atoms with E-state index in [0.29, 0.717) is 13.2 Å². The van der Waals surface area contributed by atoms with Gasteiger partial charge in [-0.15, -0.1) is 0 Å². The van der Waals surface area contributed by atoms with Gasteiger partial charge in [0.1, 0.15) is 11.5 Å². The van der Waals surface area contributed by atoms with Gasteiger partial charge in [-0.25, -0.2) is 0 Å². The van der Waals surface area contributed by atoms with E-state index in [1.807, 2.05) is 24.3 Å². The van der Waals surface area contributed by atoms with Crippen LogP contribution in [0.25, 0.3) is 0 Å². The van der Waals surface area contributed by atoms with Crippen molar-refractivity contribution in [2.24, 2.45) is 0 Å². The minimum Gasteiger partial charge on any atom is -0.508 e. The van der Waals surface area contributed by atoms with Gasteiger partial charge in [-0.2, -0.15) is 0 Å². The summed E-state index contributed by atoms with van der Waals surface area (Å²) in [4.78, 5) is 0. The Labute approximate surface area is 118 Å². The molecule has 0 bridgehead atoms. The van der Waals surface area contributed by atoms with Gasteiger partial charge in [0.2, 0.25) is 0 Å². The highest BCUT2D eigenvalue weighted by molar-refractivity contribution is 5.39. The van der Waals surface area contributed by atoms with Crippen molar-refractivity contribution in [1.29, 1.82) is 0 Å². The molecule has 0 heterocycles. The van der Waals surface area contributed by atoms with Crippen LogP contribution in [0, 0.1) is 0 Å². The standard InChI is InChI=1S/C16H18O4/c1-18-15-5-2-3-6-16(15)20-12-4-11-19-14-9-7-13(17)8-10-14/h2-3,5-10,17H,4,11-12H2,1H3. The first-order valence-corrected chi connectivity index (χ1v) is 6.47. The zero-order valence-corrected chi connectivity index (χ0v) is 11.4. The summed E-state index contributed by atoms with van der Waals surface area (Å²) in [7, 11) is 1.62. The van der Waals surface area contributed by atoms with E-state index >= 15 is 0 Å². The molecule has 4 heteroatoms. The van der Waals surface area contributed by atoms with E-state index in [2.05, 4.69) is 0 Å². The second-order valence-electron chi connectivity index (χ2n) is 4.20. The first-order chi connectivity index (χ1) is 9.79. The zero-order chi connectivity index (χ0) is 14.2. The second kappa shape index (κ2) is 7.28. The molecule has 0 aromatic heterocycles. The monoisotopic (exact) mass is 274 g/mol. The molecule has 0 saturated carbocycles. The van der Waals surface area contributed by atoms with Crippen LogP contribution in [0.5, 0.6) is 23.0 Å². The number of aromatic hydroxyl groups is 1. The molecule has 4 nitrogen and oxygen atoms in total. The predicted molar refractivity (Wildman–Crippen MR) is 76.7 cm³/mol. The van der Waals surface area contributed by atoms with Crippen molar-refractivity contribution in [2.75, 3.05) is 20.3 Å². The Balaban J connectivity index is 1.70. The van der Waals surface area contributed by atoms with Gasteiger partial charge in [-0.05, 0) is 36.4 Å². The number of methoxy groups -OCH3 is 1. The maximum atomic E-state index is 9.15. The first kappa shape index (κ1) is 14.1. The lowest BCUT2D eigenvalue weighted by atomic mass is 10.3. The van der Waals surface area contributed by atoms with E-state index < -0.39 is 0 Å². The fourth-order valence-electron chi connectivity index (χ4n) is 1.71. The van der Waals surface area contributed by atoms with Gasteiger partial charge in [0.15, 0.2) is 11.5 Å². The molecule has 0 unspecified atom stereocenters. The smallest absolute Gasteiger partial charge is 0.161 e. The molecule has 106 valence electrons. The third-order valence-electron chi connectivity index (χ3n) is 2.72. The average Bonchev–Trinajstić information content (AvgIpc) is 2.49. The van der Waals surface area contributed by atoms with Crippen molar-refractivity contribution in [3.05, 3.63) is 48.5 Å². The molecule has 2 aromatic rings. The van der Waals surface area contributed by atoms with Crippen LogP contribution in [0.4, 0.5) is 0 Å². The van der Waals surface area contributed by atoms with Crippen LogP contribution in [-0.2, 0) is 0 Å². The SMILES string of the molecule is COc1ccccc1OCCCOc1ccc(O)cc1. The van der Waals surface area contributed by atoms with E-state index in [-0.39, 0.29) is 5.75 Å². The van der Waals surface area contributed by atoms with Gasteiger partial charge < -0.3 is 19.3 Å². The van der Waals surface area contributed by atoms with Crippen molar-refractivity contribution in [2.45, 2.75) is 6.42 Å². The molecule has 2 aromatic carbocycles.